The normalized spacial score (nSPS) is 22.2. The second kappa shape index (κ2) is 8.90. The van der Waals surface area contributed by atoms with Gasteiger partial charge in [0.2, 0.25) is 0 Å². The van der Waals surface area contributed by atoms with Crippen LogP contribution < -0.4 is 3.58 Å². The first kappa shape index (κ1) is 21.5. The summed E-state index contributed by atoms with van der Waals surface area (Å²) in [6, 6.07) is 9.02. The summed E-state index contributed by atoms with van der Waals surface area (Å²) in [6.45, 7) is 6.83. The first-order chi connectivity index (χ1) is 12.2. The number of carbonyl (C=O) groups excluding carboxylic acids is 2. The number of carbonyl (C=O) groups is 2. The van der Waals surface area contributed by atoms with Gasteiger partial charge in [-0.2, -0.15) is 0 Å². The van der Waals surface area contributed by atoms with Gasteiger partial charge < -0.3 is 0 Å². The van der Waals surface area contributed by atoms with Gasteiger partial charge in [0.25, 0.3) is 0 Å². The zero-order chi connectivity index (χ0) is 19.5. The Morgan fingerprint density at radius 2 is 1.65 bits per heavy atom. The number of hydrogen-bond donors (Lipinski definition) is 0. The van der Waals surface area contributed by atoms with Crippen molar-refractivity contribution >= 4 is 33.8 Å². The quantitative estimate of drug-likeness (QED) is 0.322. The molecule has 1 aliphatic heterocycles. The summed E-state index contributed by atoms with van der Waals surface area (Å²) in [4.78, 5) is 34.1. The van der Waals surface area contributed by atoms with E-state index in [0.717, 1.165) is 25.7 Å². The van der Waals surface area contributed by atoms with Crippen LogP contribution >= 0.6 is 0 Å². The van der Waals surface area contributed by atoms with Gasteiger partial charge in [0, 0.05) is 0 Å². The second-order valence-corrected chi connectivity index (χ2v) is 23.4. The topological polar surface area (TPSA) is 37.4 Å². The van der Waals surface area contributed by atoms with E-state index < -0.39 is 18.4 Å². The average molecular weight is 464 g/mol. The standard InChI is InChI=1S/C19H26NO2.3CH3.Sn/c1-4-5-9-12-20-18(21)15(3)17(19(20)22)13-14(2)16-10-7-6-8-11-16;;;;/h7-8,10-11,14-15,17H,4-5,9,12-13H2,1-3H3;3*1H3;. The third-order valence-corrected chi connectivity index (χ3v) is 11.7. The number of rotatable bonds is 8. The summed E-state index contributed by atoms with van der Waals surface area (Å²) in [5, 5.41) is 0. The van der Waals surface area contributed by atoms with Crippen LogP contribution in [0.25, 0.3) is 0 Å². The first-order valence-electron chi connectivity index (χ1n) is 10.1. The number of benzene rings is 1. The van der Waals surface area contributed by atoms with Crippen molar-refractivity contribution in [2.24, 2.45) is 11.8 Å². The number of likely N-dealkylation sites (tertiary alicyclic amines) is 1. The predicted octanol–water partition coefficient (Wildman–Crippen LogP) is 4.54. The summed E-state index contributed by atoms with van der Waals surface area (Å²) in [5.74, 6) is 0.0182. The van der Waals surface area contributed by atoms with E-state index in [1.54, 1.807) is 0 Å². The minimum absolute atomic E-state index is 0.0282. The van der Waals surface area contributed by atoms with Crippen molar-refractivity contribution < 1.29 is 9.59 Å². The Balaban J connectivity index is 2.04. The van der Waals surface area contributed by atoms with E-state index in [1.165, 1.54) is 14.0 Å². The second-order valence-electron chi connectivity index (χ2n) is 8.94. The zero-order valence-corrected chi connectivity index (χ0v) is 20.2. The van der Waals surface area contributed by atoms with E-state index in [2.05, 4.69) is 52.9 Å². The predicted molar refractivity (Wildman–Crippen MR) is 111 cm³/mol. The van der Waals surface area contributed by atoms with Crippen LogP contribution in [-0.4, -0.2) is 41.6 Å². The molecule has 1 aromatic carbocycles. The van der Waals surface area contributed by atoms with Crippen molar-refractivity contribution in [1.29, 1.82) is 0 Å². The molecule has 3 nitrogen and oxygen atoms in total. The van der Waals surface area contributed by atoms with E-state index in [0.29, 0.717) is 12.5 Å². The van der Waals surface area contributed by atoms with Crippen LogP contribution in [0.3, 0.4) is 0 Å². The van der Waals surface area contributed by atoms with Crippen molar-refractivity contribution in [2.45, 2.75) is 67.2 Å². The molecule has 4 heteroatoms. The number of amides is 2. The Hall–Kier alpha value is -0.841. The Morgan fingerprint density at radius 1 is 1.04 bits per heavy atom. The fourth-order valence-corrected chi connectivity index (χ4v) is 7.14. The van der Waals surface area contributed by atoms with Gasteiger partial charge in [0.1, 0.15) is 0 Å². The molecule has 1 saturated heterocycles. The molecule has 3 atom stereocenters. The van der Waals surface area contributed by atoms with Crippen LogP contribution in [-0.2, 0) is 9.59 Å². The number of hydrogen-bond acceptors (Lipinski definition) is 2. The Bertz CT molecular complexity index is 633. The van der Waals surface area contributed by atoms with Gasteiger partial charge in [-0.3, -0.25) is 0 Å². The Labute approximate surface area is 163 Å². The van der Waals surface area contributed by atoms with E-state index >= 15 is 0 Å². The van der Waals surface area contributed by atoms with Gasteiger partial charge >= 0.3 is 150 Å². The molecule has 2 amide bonds. The van der Waals surface area contributed by atoms with Crippen LogP contribution in [0.5, 0.6) is 0 Å². The first-order valence-corrected chi connectivity index (χ1v) is 20.1. The summed E-state index contributed by atoms with van der Waals surface area (Å²) in [6.07, 6.45) is 3.84. The number of imide groups is 1. The summed E-state index contributed by atoms with van der Waals surface area (Å²) < 4.78 is 1.53. The number of unbranched alkanes of at least 4 members (excludes halogenated alkanes) is 2. The van der Waals surface area contributed by atoms with Crippen molar-refractivity contribution in [1.82, 2.24) is 4.90 Å². The van der Waals surface area contributed by atoms with E-state index in [9.17, 15) is 9.59 Å². The molecule has 2 rings (SSSR count). The van der Waals surface area contributed by atoms with Gasteiger partial charge in [-0.1, -0.05) is 13.3 Å². The molecule has 3 unspecified atom stereocenters. The fraction of sp³-hybridized carbons (Fsp3) is 0.636. The molecule has 1 fully saturated rings. The maximum absolute atomic E-state index is 12.8. The molecule has 0 N–H and O–H groups in total. The zero-order valence-electron chi connectivity index (χ0n) is 17.3. The van der Waals surface area contributed by atoms with Crippen molar-refractivity contribution in [3.63, 3.8) is 0 Å². The molecule has 0 bridgehead atoms. The van der Waals surface area contributed by atoms with Crippen molar-refractivity contribution in [3.8, 4) is 0 Å². The molecule has 1 aromatic rings. The SMILES string of the molecule is CCCCCN1C(=O)C(C)C(CC(C)c2cc[c]([Sn]([CH3])([CH3])[CH3])cc2)C1=O. The molecule has 1 heterocycles. The Kier molecular flexibility index (Phi) is 7.34. The fourth-order valence-electron chi connectivity index (χ4n) is 3.81. The van der Waals surface area contributed by atoms with Crippen LogP contribution in [0.1, 0.15) is 57.9 Å². The molecule has 0 aromatic heterocycles. The molecular formula is C22H35NO2Sn. The van der Waals surface area contributed by atoms with Gasteiger partial charge in [-0.05, 0) is 0 Å². The minimum atomic E-state index is -2.02. The van der Waals surface area contributed by atoms with Crippen LogP contribution in [0.4, 0.5) is 0 Å². The average Bonchev–Trinajstić information content (AvgIpc) is 2.79. The molecule has 0 aliphatic carbocycles. The van der Waals surface area contributed by atoms with Crippen molar-refractivity contribution in [3.05, 3.63) is 29.8 Å². The summed E-state index contributed by atoms with van der Waals surface area (Å²) in [7, 11) is 0. The van der Waals surface area contributed by atoms with E-state index in [1.807, 2.05) is 6.92 Å². The molecule has 0 saturated carbocycles. The van der Waals surface area contributed by atoms with E-state index in [4.69, 9.17) is 0 Å². The molecule has 0 radical (unpaired) electrons. The van der Waals surface area contributed by atoms with Crippen LogP contribution in [0.2, 0.25) is 14.8 Å². The maximum atomic E-state index is 12.8. The molecule has 26 heavy (non-hydrogen) atoms. The summed E-state index contributed by atoms with van der Waals surface area (Å²) >= 11 is -2.02. The van der Waals surface area contributed by atoms with Gasteiger partial charge in [0.05, 0.1) is 0 Å². The molecule has 144 valence electrons. The molecule has 1 aliphatic rings. The molecular weight excluding hydrogens is 429 g/mol. The van der Waals surface area contributed by atoms with Gasteiger partial charge in [-0.15, -0.1) is 0 Å². The third-order valence-electron chi connectivity index (χ3n) is 5.78. The van der Waals surface area contributed by atoms with Crippen molar-refractivity contribution in [2.75, 3.05) is 6.54 Å². The Morgan fingerprint density at radius 3 is 2.19 bits per heavy atom. The van der Waals surface area contributed by atoms with Crippen LogP contribution in [0, 0.1) is 11.8 Å². The van der Waals surface area contributed by atoms with Gasteiger partial charge in [-0.25, -0.2) is 0 Å². The van der Waals surface area contributed by atoms with Crippen LogP contribution in [0.15, 0.2) is 24.3 Å². The van der Waals surface area contributed by atoms with E-state index in [-0.39, 0.29) is 23.7 Å². The number of nitrogens with zero attached hydrogens (tertiary/aromatic N) is 1. The summed E-state index contributed by atoms with van der Waals surface area (Å²) in [5.41, 5.74) is 1.28. The third kappa shape index (κ3) is 4.90. The van der Waals surface area contributed by atoms with Gasteiger partial charge in [0.15, 0.2) is 0 Å². The molecule has 0 spiro atoms. The monoisotopic (exact) mass is 465 g/mol.